The fraction of sp³-hybridized carbons (Fsp3) is 0.238. The van der Waals surface area contributed by atoms with E-state index in [9.17, 15) is 14.0 Å². The molecule has 1 unspecified atom stereocenters. The summed E-state index contributed by atoms with van der Waals surface area (Å²) in [6.45, 7) is 4.16. The van der Waals surface area contributed by atoms with Gasteiger partial charge in [0, 0.05) is 11.6 Å². The topological polar surface area (TPSA) is 88.9 Å². The predicted molar refractivity (Wildman–Crippen MR) is 124 cm³/mol. The number of rotatable bonds is 8. The number of carbonyl (C=O) groups is 2. The number of aromatic nitrogens is 3. The first-order valence-electron chi connectivity index (χ1n) is 9.66. The first kappa shape index (κ1) is 24.0. The van der Waals surface area contributed by atoms with Crippen molar-refractivity contribution in [3.8, 4) is 0 Å². The summed E-state index contributed by atoms with van der Waals surface area (Å²) in [5, 5.41) is 15.1. The van der Waals surface area contributed by atoms with Crippen LogP contribution in [0.5, 0.6) is 0 Å². The number of halogens is 3. The van der Waals surface area contributed by atoms with Crippen molar-refractivity contribution in [3.05, 3.63) is 69.7 Å². The first-order chi connectivity index (χ1) is 15.3. The molecule has 0 radical (unpaired) electrons. The van der Waals surface area contributed by atoms with E-state index in [1.165, 1.54) is 30.0 Å². The molecule has 0 bridgehead atoms. The van der Waals surface area contributed by atoms with Crippen LogP contribution < -0.4 is 10.6 Å². The highest BCUT2D eigenvalue weighted by Gasteiger charge is 2.21. The molecule has 7 nitrogen and oxygen atoms in total. The van der Waals surface area contributed by atoms with Gasteiger partial charge in [0.2, 0.25) is 5.91 Å². The zero-order chi connectivity index (χ0) is 23.3. The van der Waals surface area contributed by atoms with Crippen molar-refractivity contribution < 1.29 is 14.0 Å². The van der Waals surface area contributed by atoms with Crippen molar-refractivity contribution in [2.45, 2.75) is 31.6 Å². The Bertz CT molecular complexity index is 1140. The Morgan fingerprint density at radius 3 is 2.62 bits per heavy atom. The van der Waals surface area contributed by atoms with Crippen LogP contribution in [0.3, 0.4) is 0 Å². The molecule has 1 atom stereocenters. The second-order valence-corrected chi connectivity index (χ2v) is 8.51. The Hall–Kier alpha value is -2.62. The zero-order valence-electron chi connectivity index (χ0n) is 17.2. The van der Waals surface area contributed by atoms with Gasteiger partial charge in [-0.25, -0.2) is 4.39 Å². The molecule has 0 aliphatic carbocycles. The standard InChI is InChI=1S/C21H20Cl2FN5O2S/c1-3-29-19(12(2)25-20(31)14-6-4-5-7-16(14)24)27-28-21(29)32-11-18(30)26-17-9-8-13(22)10-15(17)23/h4-10,12H,3,11H2,1-2H3,(H,25,31)(H,26,30). The number of hydrogen-bond donors (Lipinski definition) is 2. The van der Waals surface area contributed by atoms with E-state index in [-0.39, 0.29) is 17.2 Å². The summed E-state index contributed by atoms with van der Waals surface area (Å²) in [6.07, 6.45) is 0. The lowest BCUT2D eigenvalue weighted by Crippen LogP contribution is -2.29. The number of carbonyl (C=O) groups excluding carboxylic acids is 2. The van der Waals surface area contributed by atoms with Crippen molar-refractivity contribution >= 4 is 52.5 Å². The van der Waals surface area contributed by atoms with E-state index in [4.69, 9.17) is 23.2 Å². The Morgan fingerprint density at radius 1 is 1.19 bits per heavy atom. The van der Waals surface area contributed by atoms with Crippen LogP contribution in [0.15, 0.2) is 47.6 Å². The van der Waals surface area contributed by atoms with Crippen LogP contribution in [-0.4, -0.2) is 32.3 Å². The smallest absolute Gasteiger partial charge is 0.254 e. The van der Waals surface area contributed by atoms with Gasteiger partial charge in [-0.15, -0.1) is 10.2 Å². The summed E-state index contributed by atoms with van der Waals surface area (Å²) < 4.78 is 15.7. The van der Waals surface area contributed by atoms with Crippen LogP contribution >= 0.6 is 35.0 Å². The Labute approximate surface area is 198 Å². The van der Waals surface area contributed by atoms with Crippen LogP contribution in [0.4, 0.5) is 10.1 Å². The summed E-state index contributed by atoms with van der Waals surface area (Å²) in [5.41, 5.74) is 0.415. The molecule has 1 aromatic heterocycles. The molecule has 0 fully saturated rings. The minimum absolute atomic E-state index is 0.0472. The minimum Gasteiger partial charge on any atom is -0.342 e. The fourth-order valence-corrected chi connectivity index (χ4v) is 4.18. The first-order valence-corrected chi connectivity index (χ1v) is 11.4. The third-order valence-corrected chi connectivity index (χ3v) is 5.97. The largest absolute Gasteiger partial charge is 0.342 e. The number of benzene rings is 2. The van der Waals surface area contributed by atoms with Crippen LogP contribution in [0.1, 0.15) is 36.1 Å². The second kappa shape index (κ2) is 10.8. The Balaban J connectivity index is 1.64. The molecule has 2 amide bonds. The van der Waals surface area contributed by atoms with Gasteiger partial charge >= 0.3 is 0 Å². The van der Waals surface area contributed by atoms with Crippen molar-refractivity contribution in [1.82, 2.24) is 20.1 Å². The Kier molecular flexibility index (Phi) is 8.11. The van der Waals surface area contributed by atoms with Gasteiger partial charge in [-0.2, -0.15) is 0 Å². The highest BCUT2D eigenvalue weighted by Crippen LogP contribution is 2.26. The number of thioether (sulfide) groups is 1. The molecular formula is C21H20Cl2FN5O2S. The van der Waals surface area contributed by atoms with Gasteiger partial charge in [-0.3, -0.25) is 9.59 Å². The molecule has 1 heterocycles. The molecule has 168 valence electrons. The van der Waals surface area contributed by atoms with E-state index in [1.54, 1.807) is 35.8 Å². The van der Waals surface area contributed by atoms with Crippen LogP contribution in [0.25, 0.3) is 0 Å². The molecule has 0 spiro atoms. The molecule has 11 heteroatoms. The van der Waals surface area contributed by atoms with Crippen molar-refractivity contribution in [1.29, 1.82) is 0 Å². The monoisotopic (exact) mass is 495 g/mol. The predicted octanol–water partition coefficient (Wildman–Crippen LogP) is 4.97. The van der Waals surface area contributed by atoms with E-state index in [1.807, 2.05) is 6.92 Å². The molecule has 3 aromatic rings. The number of nitrogens with zero attached hydrogens (tertiary/aromatic N) is 3. The van der Waals surface area contributed by atoms with E-state index >= 15 is 0 Å². The quantitative estimate of drug-likeness (QED) is 0.430. The van der Waals surface area contributed by atoms with E-state index in [2.05, 4.69) is 20.8 Å². The number of nitrogens with one attached hydrogen (secondary N) is 2. The number of amides is 2. The van der Waals surface area contributed by atoms with Gasteiger partial charge in [0.25, 0.3) is 5.91 Å². The number of anilines is 1. The van der Waals surface area contributed by atoms with Gasteiger partial charge < -0.3 is 15.2 Å². The highest BCUT2D eigenvalue weighted by molar-refractivity contribution is 7.99. The maximum absolute atomic E-state index is 13.9. The molecule has 2 N–H and O–H groups in total. The maximum atomic E-state index is 13.9. The molecule has 32 heavy (non-hydrogen) atoms. The summed E-state index contributed by atoms with van der Waals surface area (Å²) in [4.78, 5) is 24.7. The van der Waals surface area contributed by atoms with E-state index < -0.39 is 17.8 Å². The second-order valence-electron chi connectivity index (χ2n) is 6.72. The zero-order valence-corrected chi connectivity index (χ0v) is 19.6. The third kappa shape index (κ3) is 5.79. The van der Waals surface area contributed by atoms with Gasteiger partial charge in [0.15, 0.2) is 11.0 Å². The van der Waals surface area contributed by atoms with Crippen molar-refractivity contribution in [2.75, 3.05) is 11.1 Å². The van der Waals surface area contributed by atoms with Crippen LogP contribution in [0, 0.1) is 5.82 Å². The van der Waals surface area contributed by atoms with Crippen molar-refractivity contribution in [3.63, 3.8) is 0 Å². The van der Waals surface area contributed by atoms with E-state index in [0.29, 0.717) is 33.3 Å². The van der Waals surface area contributed by atoms with Crippen LogP contribution in [-0.2, 0) is 11.3 Å². The summed E-state index contributed by atoms with van der Waals surface area (Å²) in [6, 6.07) is 10.0. The fourth-order valence-electron chi connectivity index (χ4n) is 2.92. The lowest BCUT2D eigenvalue weighted by Gasteiger charge is -2.15. The van der Waals surface area contributed by atoms with Gasteiger partial charge in [0.05, 0.1) is 28.1 Å². The van der Waals surface area contributed by atoms with Crippen molar-refractivity contribution in [2.24, 2.45) is 0 Å². The molecule has 0 saturated heterocycles. The summed E-state index contributed by atoms with van der Waals surface area (Å²) >= 11 is 13.1. The number of hydrogen-bond acceptors (Lipinski definition) is 5. The summed E-state index contributed by atoms with van der Waals surface area (Å²) in [5.74, 6) is -0.840. The third-order valence-electron chi connectivity index (χ3n) is 4.45. The van der Waals surface area contributed by atoms with Gasteiger partial charge in [-0.1, -0.05) is 47.1 Å². The maximum Gasteiger partial charge on any atom is 0.254 e. The molecule has 2 aromatic carbocycles. The minimum atomic E-state index is -0.600. The average molecular weight is 496 g/mol. The normalized spacial score (nSPS) is 11.8. The average Bonchev–Trinajstić information content (AvgIpc) is 3.17. The molecular weight excluding hydrogens is 476 g/mol. The summed E-state index contributed by atoms with van der Waals surface area (Å²) in [7, 11) is 0. The lowest BCUT2D eigenvalue weighted by atomic mass is 10.2. The Morgan fingerprint density at radius 2 is 1.94 bits per heavy atom. The highest BCUT2D eigenvalue weighted by atomic mass is 35.5. The lowest BCUT2D eigenvalue weighted by molar-refractivity contribution is -0.113. The van der Waals surface area contributed by atoms with Gasteiger partial charge in [-0.05, 0) is 44.2 Å². The SMILES string of the molecule is CCn1c(SCC(=O)Nc2ccc(Cl)cc2Cl)nnc1C(C)NC(=O)c1ccccc1F. The van der Waals surface area contributed by atoms with E-state index in [0.717, 1.165) is 0 Å². The molecule has 3 rings (SSSR count). The van der Waals surface area contributed by atoms with Crippen LogP contribution in [0.2, 0.25) is 10.0 Å². The molecule has 0 aliphatic heterocycles. The molecule has 0 aliphatic rings. The molecule has 0 saturated carbocycles. The van der Waals surface area contributed by atoms with Gasteiger partial charge in [0.1, 0.15) is 5.82 Å².